The van der Waals surface area contributed by atoms with Gasteiger partial charge in [0.25, 0.3) is 11.8 Å². The molecule has 1 aliphatic heterocycles. The summed E-state index contributed by atoms with van der Waals surface area (Å²) in [5.74, 6) is -0.854. The fraction of sp³-hybridized carbons (Fsp3) is 0.333. The summed E-state index contributed by atoms with van der Waals surface area (Å²) < 4.78 is 0. The van der Waals surface area contributed by atoms with Crippen LogP contribution in [0, 0.1) is 0 Å². The third-order valence-electron chi connectivity index (χ3n) is 2.10. The minimum atomic E-state index is -0.427. The Labute approximate surface area is 100 Å². The van der Waals surface area contributed by atoms with Gasteiger partial charge in [-0.15, -0.1) is 5.06 Å². The predicted octanol–water partition coefficient (Wildman–Crippen LogP) is 1.20. The van der Waals surface area contributed by atoms with E-state index < -0.39 is 11.8 Å². The molecule has 0 unspecified atom stereocenters. The molecule has 0 bridgehead atoms. The molecular formula is C12H16N2O3. The normalized spacial score (nSPS) is 13.2. The summed E-state index contributed by atoms with van der Waals surface area (Å²) in [6, 6.07) is 6.61. The number of fused-ring (bicyclic) bond motifs is 1. The summed E-state index contributed by atoms with van der Waals surface area (Å²) in [6.45, 7) is 4.40. The Morgan fingerprint density at radius 1 is 1.12 bits per heavy atom. The summed E-state index contributed by atoms with van der Waals surface area (Å²) in [7, 11) is 0. The molecule has 0 saturated carbocycles. The van der Waals surface area contributed by atoms with Crippen LogP contribution in [-0.2, 0) is 4.84 Å². The zero-order valence-electron chi connectivity index (χ0n) is 9.97. The number of hydrogen-bond donors (Lipinski definition) is 1. The van der Waals surface area contributed by atoms with E-state index in [1.807, 2.05) is 13.8 Å². The predicted molar refractivity (Wildman–Crippen MR) is 63.3 cm³/mol. The molecule has 5 nitrogen and oxygen atoms in total. The molecule has 1 heterocycles. The van der Waals surface area contributed by atoms with Gasteiger partial charge >= 0.3 is 0 Å². The van der Waals surface area contributed by atoms with E-state index >= 15 is 0 Å². The number of benzene rings is 1. The summed E-state index contributed by atoms with van der Waals surface area (Å²) in [5, 5.41) is 0.761. The van der Waals surface area contributed by atoms with Gasteiger partial charge in [0.1, 0.15) is 0 Å². The van der Waals surface area contributed by atoms with E-state index in [1.165, 1.54) is 0 Å². The Balaban J connectivity index is 0.000000686. The number of amides is 2. The number of carbonyl (C=O) groups is 2. The molecule has 0 radical (unpaired) electrons. The average Bonchev–Trinajstić information content (AvgIpc) is 2.63. The molecule has 0 atom stereocenters. The van der Waals surface area contributed by atoms with Crippen molar-refractivity contribution in [2.45, 2.75) is 13.8 Å². The number of rotatable bonds is 3. The Hall–Kier alpha value is -1.72. The number of nitrogens with zero attached hydrogens (tertiary/aromatic N) is 1. The van der Waals surface area contributed by atoms with E-state index in [4.69, 9.17) is 10.6 Å². The summed E-state index contributed by atoms with van der Waals surface area (Å²) >= 11 is 0. The van der Waals surface area contributed by atoms with Crippen molar-refractivity contribution in [3.63, 3.8) is 0 Å². The monoisotopic (exact) mass is 236 g/mol. The van der Waals surface area contributed by atoms with Crippen LogP contribution in [0.25, 0.3) is 0 Å². The van der Waals surface area contributed by atoms with Gasteiger partial charge in [0.15, 0.2) is 0 Å². The highest BCUT2D eigenvalue weighted by Gasteiger charge is 2.36. The maximum Gasteiger partial charge on any atom is 0.285 e. The maximum absolute atomic E-state index is 11.7. The first-order valence-electron chi connectivity index (χ1n) is 5.56. The third-order valence-corrected chi connectivity index (χ3v) is 2.10. The number of hydrogen-bond acceptors (Lipinski definition) is 4. The Morgan fingerprint density at radius 2 is 1.59 bits per heavy atom. The molecular weight excluding hydrogens is 220 g/mol. The van der Waals surface area contributed by atoms with Crippen LogP contribution in [-0.4, -0.2) is 30.0 Å². The lowest BCUT2D eigenvalue weighted by Gasteiger charge is -2.11. The molecule has 2 N–H and O–H groups in total. The molecule has 1 aliphatic rings. The van der Waals surface area contributed by atoms with E-state index in [1.54, 1.807) is 24.3 Å². The second kappa shape index (κ2) is 6.12. The zero-order valence-corrected chi connectivity index (χ0v) is 9.97. The maximum atomic E-state index is 11.7. The standard InChI is InChI=1S/C10H10N2O3.C2H6/c11-5-6-15-12-9(13)7-3-1-2-4-8(7)10(12)14;1-2/h1-4H,5-6,11H2;1-2H3. The van der Waals surface area contributed by atoms with E-state index in [-0.39, 0.29) is 13.2 Å². The van der Waals surface area contributed by atoms with Crippen LogP contribution < -0.4 is 5.73 Å². The Kier molecular flexibility index (Phi) is 4.81. The van der Waals surface area contributed by atoms with Crippen molar-refractivity contribution in [1.82, 2.24) is 5.06 Å². The van der Waals surface area contributed by atoms with E-state index in [9.17, 15) is 9.59 Å². The van der Waals surface area contributed by atoms with Gasteiger partial charge in [-0.1, -0.05) is 26.0 Å². The summed E-state index contributed by atoms with van der Waals surface area (Å²) in [4.78, 5) is 28.3. The van der Waals surface area contributed by atoms with Gasteiger partial charge in [-0.3, -0.25) is 14.4 Å². The zero-order chi connectivity index (χ0) is 12.8. The number of carbonyl (C=O) groups excluding carboxylic acids is 2. The minimum absolute atomic E-state index is 0.144. The van der Waals surface area contributed by atoms with Crippen molar-refractivity contribution >= 4 is 11.8 Å². The van der Waals surface area contributed by atoms with Gasteiger partial charge in [-0.2, -0.15) is 0 Å². The Morgan fingerprint density at radius 3 is 2.00 bits per heavy atom. The van der Waals surface area contributed by atoms with Crippen LogP contribution in [0.1, 0.15) is 34.6 Å². The second-order valence-electron chi connectivity index (χ2n) is 3.07. The first-order chi connectivity index (χ1) is 8.25. The average molecular weight is 236 g/mol. The molecule has 1 aromatic carbocycles. The molecule has 0 fully saturated rings. The molecule has 0 saturated heterocycles. The molecule has 92 valence electrons. The molecule has 1 aromatic rings. The van der Waals surface area contributed by atoms with E-state index in [0.29, 0.717) is 11.1 Å². The van der Waals surface area contributed by atoms with Crippen LogP contribution >= 0.6 is 0 Å². The van der Waals surface area contributed by atoms with E-state index in [0.717, 1.165) is 5.06 Å². The molecule has 0 spiro atoms. The molecule has 2 amide bonds. The van der Waals surface area contributed by atoms with Crippen LogP contribution in [0.15, 0.2) is 24.3 Å². The molecule has 0 aliphatic carbocycles. The fourth-order valence-electron chi connectivity index (χ4n) is 1.43. The van der Waals surface area contributed by atoms with Gasteiger partial charge in [0, 0.05) is 6.54 Å². The fourth-order valence-corrected chi connectivity index (χ4v) is 1.43. The van der Waals surface area contributed by atoms with Gasteiger partial charge in [0.2, 0.25) is 0 Å². The van der Waals surface area contributed by atoms with E-state index in [2.05, 4.69) is 0 Å². The van der Waals surface area contributed by atoms with Crippen molar-refractivity contribution in [2.75, 3.05) is 13.2 Å². The molecule has 17 heavy (non-hydrogen) atoms. The Bertz CT molecular complexity index is 383. The molecule has 2 rings (SSSR count). The van der Waals surface area contributed by atoms with Crippen molar-refractivity contribution in [1.29, 1.82) is 0 Å². The number of hydroxylamine groups is 2. The van der Waals surface area contributed by atoms with Gasteiger partial charge in [-0.05, 0) is 12.1 Å². The van der Waals surface area contributed by atoms with Gasteiger partial charge < -0.3 is 5.73 Å². The van der Waals surface area contributed by atoms with Crippen molar-refractivity contribution in [2.24, 2.45) is 5.73 Å². The van der Waals surface area contributed by atoms with Crippen LogP contribution in [0.5, 0.6) is 0 Å². The lowest BCUT2D eigenvalue weighted by molar-refractivity contribution is -0.0882. The smallest absolute Gasteiger partial charge is 0.285 e. The quantitative estimate of drug-likeness (QED) is 0.800. The minimum Gasteiger partial charge on any atom is -0.328 e. The van der Waals surface area contributed by atoms with Crippen molar-refractivity contribution < 1.29 is 14.4 Å². The van der Waals surface area contributed by atoms with Crippen molar-refractivity contribution in [3.8, 4) is 0 Å². The highest BCUT2D eigenvalue weighted by atomic mass is 16.7. The highest BCUT2D eigenvalue weighted by molar-refractivity contribution is 6.20. The molecule has 5 heteroatoms. The largest absolute Gasteiger partial charge is 0.328 e. The number of imide groups is 1. The second-order valence-corrected chi connectivity index (χ2v) is 3.07. The third kappa shape index (κ3) is 2.51. The van der Waals surface area contributed by atoms with Crippen LogP contribution in [0.2, 0.25) is 0 Å². The topological polar surface area (TPSA) is 72.6 Å². The summed E-state index contributed by atoms with van der Waals surface area (Å²) in [5.41, 5.74) is 5.98. The van der Waals surface area contributed by atoms with Gasteiger partial charge in [-0.25, -0.2) is 0 Å². The van der Waals surface area contributed by atoms with Gasteiger partial charge in [0.05, 0.1) is 17.7 Å². The number of nitrogens with two attached hydrogens (primary N) is 1. The summed E-state index contributed by atoms with van der Waals surface area (Å²) in [6.07, 6.45) is 0. The van der Waals surface area contributed by atoms with Crippen LogP contribution in [0.3, 0.4) is 0 Å². The highest BCUT2D eigenvalue weighted by Crippen LogP contribution is 2.22. The lowest BCUT2D eigenvalue weighted by atomic mass is 10.1. The van der Waals surface area contributed by atoms with Crippen LogP contribution in [0.4, 0.5) is 0 Å². The van der Waals surface area contributed by atoms with Crippen molar-refractivity contribution in [3.05, 3.63) is 35.4 Å². The first kappa shape index (κ1) is 13.3. The molecule has 0 aromatic heterocycles. The SMILES string of the molecule is CC.NCCON1C(=O)c2ccccc2C1=O. The lowest BCUT2D eigenvalue weighted by Crippen LogP contribution is -2.31. The first-order valence-corrected chi connectivity index (χ1v) is 5.56.